The Balaban J connectivity index is 0.00000420. The van der Waals surface area contributed by atoms with Gasteiger partial charge < -0.3 is 29.4 Å². The van der Waals surface area contributed by atoms with Crippen molar-refractivity contribution < 1.29 is 28.8 Å². The topological polar surface area (TPSA) is 86.3 Å². The van der Waals surface area contributed by atoms with E-state index in [9.17, 15) is 9.90 Å². The molecule has 7 nitrogen and oxygen atoms in total. The average molecular weight is 446 g/mol. The summed E-state index contributed by atoms with van der Waals surface area (Å²) in [5.41, 5.74) is 0. The summed E-state index contributed by atoms with van der Waals surface area (Å²) in [7, 11) is 1.31. The first kappa shape index (κ1) is 24.8. The minimum absolute atomic E-state index is 0. The molecule has 2 aromatic rings. The van der Waals surface area contributed by atoms with Crippen LogP contribution in [-0.4, -0.2) is 57.2 Å². The molecule has 0 aliphatic heterocycles. The molecule has 1 unspecified atom stereocenters. The van der Waals surface area contributed by atoms with E-state index in [1.165, 1.54) is 7.11 Å². The van der Waals surface area contributed by atoms with Crippen molar-refractivity contribution in [3.63, 3.8) is 0 Å². The number of benzene rings is 2. The summed E-state index contributed by atoms with van der Waals surface area (Å²) < 4.78 is 20.8. The third-order valence-corrected chi connectivity index (χ3v) is 3.92. The highest BCUT2D eigenvalue weighted by molar-refractivity contribution is 6.32. The van der Waals surface area contributed by atoms with Gasteiger partial charge in [-0.1, -0.05) is 23.7 Å². The number of carbonyl (C=O) groups excluding carboxylic acids is 1. The Labute approximate surface area is 181 Å². The van der Waals surface area contributed by atoms with E-state index in [-0.39, 0.29) is 25.6 Å². The summed E-state index contributed by atoms with van der Waals surface area (Å²) in [6.07, 6.45) is -0.664. The first-order valence-corrected chi connectivity index (χ1v) is 9.15. The highest BCUT2D eigenvalue weighted by Gasteiger charge is 2.07. The van der Waals surface area contributed by atoms with Crippen molar-refractivity contribution in [1.82, 2.24) is 5.32 Å². The molecule has 0 radical (unpaired) electrons. The van der Waals surface area contributed by atoms with Crippen LogP contribution in [0.15, 0.2) is 48.5 Å². The molecule has 2 rings (SSSR count). The summed E-state index contributed by atoms with van der Waals surface area (Å²) in [6, 6.07) is 14.0. The number of hydrogen-bond donors (Lipinski definition) is 2. The number of ether oxygens (including phenoxy) is 4. The van der Waals surface area contributed by atoms with Crippen molar-refractivity contribution in [3.05, 3.63) is 53.6 Å². The maximum atomic E-state index is 11.0. The number of hydrogen-bond acceptors (Lipinski definition) is 7. The van der Waals surface area contributed by atoms with Crippen LogP contribution in [0.5, 0.6) is 17.2 Å². The van der Waals surface area contributed by atoms with Crippen LogP contribution < -0.4 is 19.5 Å². The number of para-hydroxylation sites is 1. The number of halogens is 2. The molecular formula is C20H25Cl2NO6. The highest BCUT2D eigenvalue weighted by atomic mass is 35.5. The molecule has 2 N–H and O–H groups in total. The summed E-state index contributed by atoms with van der Waals surface area (Å²) in [6.45, 7) is 1.37. The fraction of sp³-hybridized carbons (Fsp3) is 0.350. The molecule has 160 valence electrons. The second kappa shape index (κ2) is 13.9. The Morgan fingerprint density at radius 2 is 1.72 bits per heavy atom. The number of rotatable bonds is 12. The van der Waals surface area contributed by atoms with Gasteiger partial charge in [0.25, 0.3) is 0 Å². The summed E-state index contributed by atoms with van der Waals surface area (Å²) in [5, 5.41) is 13.5. The number of nitrogens with one attached hydrogen (secondary N) is 1. The number of esters is 1. The van der Waals surface area contributed by atoms with Crippen molar-refractivity contribution in [2.75, 3.05) is 40.0 Å². The van der Waals surface area contributed by atoms with Gasteiger partial charge in [-0.3, -0.25) is 0 Å². The van der Waals surface area contributed by atoms with Crippen LogP contribution in [0.1, 0.15) is 0 Å². The minimum atomic E-state index is -0.664. The Kier molecular flexibility index (Phi) is 11.9. The monoisotopic (exact) mass is 445 g/mol. The van der Waals surface area contributed by atoms with Gasteiger partial charge in [-0.05, 0) is 36.4 Å². The maximum Gasteiger partial charge on any atom is 0.343 e. The molecule has 0 saturated heterocycles. The van der Waals surface area contributed by atoms with Crippen molar-refractivity contribution in [1.29, 1.82) is 0 Å². The summed E-state index contributed by atoms with van der Waals surface area (Å²) >= 11 is 5.99. The zero-order valence-corrected chi connectivity index (χ0v) is 17.6. The number of aliphatic hydroxyl groups excluding tert-OH is 1. The zero-order chi connectivity index (χ0) is 20.2. The molecular weight excluding hydrogens is 421 g/mol. The fourth-order valence-electron chi connectivity index (χ4n) is 2.15. The predicted molar refractivity (Wildman–Crippen MR) is 113 cm³/mol. The van der Waals surface area contributed by atoms with E-state index in [0.717, 1.165) is 0 Å². The van der Waals surface area contributed by atoms with E-state index in [1.54, 1.807) is 36.4 Å². The van der Waals surface area contributed by atoms with Gasteiger partial charge in [0.2, 0.25) is 0 Å². The molecule has 0 aliphatic rings. The Hall–Kier alpha value is -2.19. The van der Waals surface area contributed by atoms with Gasteiger partial charge in [0.05, 0.1) is 12.1 Å². The van der Waals surface area contributed by atoms with E-state index in [0.29, 0.717) is 42.0 Å². The van der Waals surface area contributed by atoms with Crippen LogP contribution in [0.25, 0.3) is 0 Å². The van der Waals surface area contributed by atoms with E-state index < -0.39 is 12.1 Å². The molecule has 1 atom stereocenters. The van der Waals surface area contributed by atoms with Crippen molar-refractivity contribution in [3.8, 4) is 17.2 Å². The lowest BCUT2D eigenvalue weighted by Crippen LogP contribution is -2.33. The summed E-state index contributed by atoms with van der Waals surface area (Å²) in [5.74, 6) is 1.34. The largest absolute Gasteiger partial charge is 0.492 e. The highest BCUT2D eigenvalue weighted by Crippen LogP contribution is 2.23. The van der Waals surface area contributed by atoms with Crippen molar-refractivity contribution in [2.24, 2.45) is 0 Å². The van der Waals surface area contributed by atoms with E-state index in [4.69, 9.17) is 25.8 Å². The van der Waals surface area contributed by atoms with Crippen LogP contribution in [0.2, 0.25) is 5.02 Å². The smallest absolute Gasteiger partial charge is 0.343 e. The van der Waals surface area contributed by atoms with Crippen LogP contribution in [0.4, 0.5) is 0 Å². The van der Waals surface area contributed by atoms with Gasteiger partial charge in [-0.25, -0.2) is 4.79 Å². The van der Waals surface area contributed by atoms with Crippen LogP contribution in [0, 0.1) is 0 Å². The molecule has 0 aromatic heterocycles. The van der Waals surface area contributed by atoms with E-state index in [1.807, 2.05) is 12.1 Å². The van der Waals surface area contributed by atoms with E-state index >= 15 is 0 Å². The lowest BCUT2D eigenvalue weighted by Gasteiger charge is -2.14. The molecule has 9 heteroatoms. The minimum Gasteiger partial charge on any atom is -0.492 e. The quantitative estimate of drug-likeness (QED) is 0.383. The Morgan fingerprint density at radius 3 is 2.38 bits per heavy atom. The van der Waals surface area contributed by atoms with Crippen molar-refractivity contribution in [2.45, 2.75) is 6.10 Å². The van der Waals surface area contributed by atoms with Gasteiger partial charge in [-0.2, -0.15) is 0 Å². The predicted octanol–water partition coefficient (Wildman–Crippen LogP) is 2.72. The van der Waals surface area contributed by atoms with Crippen LogP contribution >= 0.6 is 24.0 Å². The normalized spacial score (nSPS) is 11.1. The second-order valence-electron chi connectivity index (χ2n) is 5.78. The van der Waals surface area contributed by atoms with Crippen LogP contribution in [-0.2, 0) is 9.53 Å². The van der Waals surface area contributed by atoms with Gasteiger partial charge in [0.15, 0.2) is 6.61 Å². The molecule has 29 heavy (non-hydrogen) atoms. The summed E-state index contributed by atoms with van der Waals surface area (Å²) in [4.78, 5) is 11.0. The molecule has 0 saturated carbocycles. The van der Waals surface area contributed by atoms with Crippen LogP contribution in [0.3, 0.4) is 0 Å². The zero-order valence-electron chi connectivity index (χ0n) is 16.0. The van der Waals surface area contributed by atoms with E-state index in [2.05, 4.69) is 10.1 Å². The third kappa shape index (κ3) is 9.71. The fourth-order valence-corrected chi connectivity index (χ4v) is 2.34. The van der Waals surface area contributed by atoms with Gasteiger partial charge in [-0.15, -0.1) is 12.4 Å². The SMILES string of the molecule is COC(=O)COc1ccc(OCCNCC(O)COc2ccccc2Cl)cc1.Cl. The molecule has 0 fully saturated rings. The standard InChI is InChI=1S/C20H24ClNO6.ClH/c1-25-20(24)14-27-17-8-6-16(7-9-17)26-11-10-22-12-15(23)13-28-19-5-3-2-4-18(19)21;/h2-9,15,22-23H,10-14H2,1H3;1H. The Bertz CT molecular complexity index is 729. The number of carbonyl (C=O) groups is 1. The first-order valence-electron chi connectivity index (χ1n) is 8.77. The van der Waals surface area contributed by atoms with Gasteiger partial charge in [0.1, 0.15) is 36.6 Å². The van der Waals surface area contributed by atoms with Crippen molar-refractivity contribution >= 4 is 30.0 Å². The molecule has 0 aliphatic carbocycles. The number of methoxy groups -OCH3 is 1. The number of aliphatic hydroxyl groups is 1. The third-order valence-electron chi connectivity index (χ3n) is 3.60. The molecule has 0 spiro atoms. The average Bonchev–Trinajstić information content (AvgIpc) is 2.72. The van der Waals surface area contributed by atoms with Gasteiger partial charge in [0, 0.05) is 13.1 Å². The Morgan fingerprint density at radius 1 is 1.07 bits per heavy atom. The molecule has 2 aromatic carbocycles. The lowest BCUT2D eigenvalue weighted by molar-refractivity contribution is -0.142. The molecule has 0 bridgehead atoms. The lowest BCUT2D eigenvalue weighted by atomic mass is 10.3. The van der Waals surface area contributed by atoms with Gasteiger partial charge >= 0.3 is 5.97 Å². The second-order valence-corrected chi connectivity index (χ2v) is 6.19. The first-order chi connectivity index (χ1) is 13.6. The molecule has 0 heterocycles. The maximum absolute atomic E-state index is 11.0. The molecule has 0 amide bonds.